The number of aliphatic hydroxyl groups excluding tert-OH is 2. The van der Waals surface area contributed by atoms with Crippen molar-refractivity contribution in [3.05, 3.63) is 87.2 Å². The van der Waals surface area contributed by atoms with Crippen molar-refractivity contribution in [1.29, 1.82) is 0 Å². The van der Waals surface area contributed by atoms with Gasteiger partial charge in [-0.05, 0) is 0 Å². The van der Waals surface area contributed by atoms with Gasteiger partial charge >= 0.3 is 165 Å². The first-order valence-electron chi connectivity index (χ1n) is 11.1. The van der Waals surface area contributed by atoms with Gasteiger partial charge in [0.15, 0.2) is 6.10 Å². The van der Waals surface area contributed by atoms with Crippen molar-refractivity contribution in [3.8, 4) is 5.69 Å². The zero-order valence-corrected chi connectivity index (χ0v) is 20.7. The van der Waals surface area contributed by atoms with E-state index < -0.39 is 42.6 Å². The third-order valence-corrected chi connectivity index (χ3v) is 8.27. The Hall–Kier alpha value is -3.48. The zero-order chi connectivity index (χ0) is 26.3. The maximum absolute atomic E-state index is 14.3. The Morgan fingerprint density at radius 1 is 1.14 bits per heavy atom. The van der Waals surface area contributed by atoms with Crippen molar-refractivity contribution in [2.24, 2.45) is 0 Å². The van der Waals surface area contributed by atoms with Crippen molar-refractivity contribution in [2.45, 2.75) is 30.8 Å². The van der Waals surface area contributed by atoms with Gasteiger partial charge in [0.1, 0.15) is 6.10 Å². The number of benzene rings is 2. The normalized spacial score (nSPS) is 20.8. The molecular weight excluding hydrogens is 557 g/mol. The van der Waals surface area contributed by atoms with Gasteiger partial charge < -0.3 is 14.9 Å². The number of carbonyl (C=O) groups excluding carboxylic acids is 1. The summed E-state index contributed by atoms with van der Waals surface area (Å²) in [6.07, 6.45) is -5.09. The van der Waals surface area contributed by atoms with Gasteiger partial charge in [-0.2, -0.15) is 8.78 Å². The molecule has 3 atom stereocenters. The van der Waals surface area contributed by atoms with Crippen LogP contribution < -0.4 is 16.6 Å². The van der Waals surface area contributed by atoms with E-state index in [-0.39, 0.29) is 32.5 Å². The van der Waals surface area contributed by atoms with Crippen LogP contribution >= 0.6 is 0 Å². The average Bonchev–Trinajstić information content (AvgIpc) is 3.33. The van der Waals surface area contributed by atoms with Gasteiger partial charge in [0.25, 0.3) is 0 Å². The zero-order valence-electron chi connectivity index (χ0n) is 19.0. The fourth-order valence-corrected chi connectivity index (χ4v) is 6.14. The number of alkyl halides is 2. The number of rotatable bonds is 6. The van der Waals surface area contributed by atoms with E-state index in [0.717, 1.165) is 22.2 Å². The van der Waals surface area contributed by atoms with Gasteiger partial charge in [0, 0.05) is 0 Å². The fourth-order valence-electron chi connectivity index (χ4n) is 4.04. The van der Waals surface area contributed by atoms with Crippen LogP contribution in [0.2, 0.25) is 0 Å². The molecule has 13 heteroatoms. The van der Waals surface area contributed by atoms with Gasteiger partial charge in [0.05, 0.1) is 6.61 Å². The molecule has 1 aliphatic heterocycles. The number of nitrogens with zero attached hydrogens (tertiary/aromatic N) is 3. The molecule has 1 fully saturated rings. The Labute approximate surface area is 213 Å². The fraction of sp³-hybridized carbons (Fsp3) is 0.250. The predicted molar refractivity (Wildman–Crippen MR) is 129 cm³/mol. The Balaban J connectivity index is 1.26. The van der Waals surface area contributed by atoms with Crippen LogP contribution in [0.5, 0.6) is 0 Å². The van der Waals surface area contributed by atoms with Gasteiger partial charge in [-0.3, -0.25) is 0 Å². The summed E-state index contributed by atoms with van der Waals surface area (Å²) in [6, 6.07) is 15.5. The molecule has 1 aliphatic rings. The first kappa shape index (κ1) is 25.2. The topological polar surface area (TPSA) is 136 Å². The number of ether oxygens (including phenoxy) is 1. The van der Waals surface area contributed by atoms with Crippen molar-refractivity contribution < 1.29 is 28.5 Å². The predicted octanol–water partition coefficient (Wildman–Crippen LogP) is 0.671. The number of aliphatic hydroxyl groups is 2. The monoisotopic (exact) mass is 578 g/mol. The van der Waals surface area contributed by atoms with Crippen LogP contribution in [0.4, 0.5) is 14.6 Å². The number of nitrogens with one attached hydrogen (secondary N) is 1. The van der Waals surface area contributed by atoms with E-state index in [1.807, 2.05) is 18.2 Å². The van der Waals surface area contributed by atoms with E-state index >= 15 is 0 Å². The molecule has 0 aliphatic carbocycles. The number of carbonyl (C=O) groups is 1. The number of anilines is 1. The van der Waals surface area contributed by atoms with E-state index in [0.29, 0.717) is 15.5 Å². The van der Waals surface area contributed by atoms with Crippen molar-refractivity contribution in [3.63, 3.8) is 0 Å². The summed E-state index contributed by atoms with van der Waals surface area (Å²) in [4.78, 5) is 41.1. The number of amides is 1. The van der Waals surface area contributed by atoms with E-state index in [1.54, 1.807) is 33.9 Å². The van der Waals surface area contributed by atoms with Crippen molar-refractivity contribution in [2.75, 3.05) is 11.9 Å². The molecule has 5 rings (SSSR count). The Bertz CT molecular complexity index is 1580. The molecule has 0 unspecified atom stereocenters. The van der Waals surface area contributed by atoms with Crippen LogP contribution in [-0.4, -0.2) is 68.7 Å². The molecule has 37 heavy (non-hydrogen) atoms. The maximum atomic E-state index is 14.3. The first-order valence-corrected chi connectivity index (χ1v) is 12.7. The summed E-state index contributed by atoms with van der Waals surface area (Å²) >= 11 is -0.178. The Morgan fingerprint density at radius 2 is 1.86 bits per heavy atom. The molecule has 1 amide bonds. The van der Waals surface area contributed by atoms with E-state index in [1.165, 1.54) is 0 Å². The van der Waals surface area contributed by atoms with Crippen LogP contribution in [-0.2, 0) is 16.0 Å². The Morgan fingerprint density at radius 3 is 2.51 bits per heavy atom. The molecule has 4 aromatic rings. The minimum atomic E-state index is -3.83. The van der Waals surface area contributed by atoms with Crippen LogP contribution in [0.3, 0.4) is 0 Å². The molecule has 1 saturated heterocycles. The summed E-state index contributed by atoms with van der Waals surface area (Å²) in [5, 5.41) is 21.9. The number of fused-ring (bicyclic) bond motifs is 1. The molecule has 0 spiro atoms. The minimum absolute atomic E-state index is 0.0570. The SMILES string of the molecule is O=C(Cc1ccc(-n2[se]c3ccccc3c2=O)cc1)Nc1ccn([C@H]2O[C@@H](CO)[C@H](O)C2(F)F)c(=O)n1. The number of hydrogen-bond acceptors (Lipinski definition) is 7. The van der Waals surface area contributed by atoms with Crippen molar-refractivity contribution in [1.82, 2.24) is 13.1 Å². The average molecular weight is 577 g/mol. The third-order valence-electron chi connectivity index (χ3n) is 5.94. The molecule has 192 valence electrons. The quantitative estimate of drug-likeness (QED) is 0.287. The van der Waals surface area contributed by atoms with E-state index in [9.17, 15) is 28.3 Å². The number of halogens is 2. The van der Waals surface area contributed by atoms with Gasteiger partial charge in [-0.25, -0.2) is 0 Å². The molecule has 0 saturated carbocycles. The second-order valence-corrected chi connectivity index (χ2v) is 10.5. The van der Waals surface area contributed by atoms with E-state index in [4.69, 9.17) is 9.84 Å². The second kappa shape index (κ2) is 9.76. The summed E-state index contributed by atoms with van der Waals surface area (Å²) in [7, 11) is 0. The summed E-state index contributed by atoms with van der Waals surface area (Å²) in [6.45, 7) is -0.854. The number of hydrogen-bond donors (Lipinski definition) is 3. The summed E-state index contributed by atoms with van der Waals surface area (Å²) in [5.74, 6) is -4.48. The first-order chi connectivity index (χ1) is 17.7. The van der Waals surface area contributed by atoms with Gasteiger partial charge in [-0.15, -0.1) is 0 Å². The van der Waals surface area contributed by atoms with Crippen LogP contribution in [0.15, 0.2) is 70.4 Å². The summed E-state index contributed by atoms with van der Waals surface area (Å²) < 4.78 is 36.8. The van der Waals surface area contributed by atoms with Crippen molar-refractivity contribution >= 4 is 36.1 Å². The molecule has 3 N–H and O–H groups in total. The third kappa shape index (κ3) is 4.67. The molecule has 0 radical (unpaired) electrons. The Kier molecular flexibility index (Phi) is 6.65. The van der Waals surface area contributed by atoms with Gasteiger partial charge in [-0.1, -0.05) is 0 Å². The standard InChI is InChI=1S/C24H20F2N4O6Se/c25-24(26)20(33)16(12-31)36-22(24)29-10-9-18(28-23(29)35)27-19(32)11-13-5-7-14(8-6-13)30-21(34)15-3-1-2-4-17(15)37-30/h1-10,16,20,22,31,33H,11-12H2,(H,27,28,32,35)/t16-,20-,22-/m0/s1. The molecule has 10 nitrogen and oxygen atoms in total. The molecule has 3 heterocycles. The molecule has 0 bridgehead atoms. The molecule has 2 aromatic heterocycles. The molecular formula is C24H20F2N4O6Se. The second-order valence-electron chi connectivity index (χ2n) is 8.41. The van der Waals surface area contributed by atoms with Crippen LogP contribution in [0, 0.1) is 0 Å². The molecule has 2 aromatic carbocycles. The van der Waals surface area contributed by atoms with Crippen LogP contribution in [0.1, 0.15) is 11.8 Å². The number of aromatic nitrogens is 3. The summed E-state index contributed by atoms with van der Waals surface area (Å²) in [5.41, 5.74) is 0.171. The van der Waals surface area contributed by atoms with Crippen LogP contribution in [0.25, 0.3) is 15.3 Å². The van der Waals surface area contributed by atoms with Gasteiger partial charge in [0.2, 0.25) is 6.23 Å². The van der Waals surface area contributed by atoms with E-state index in [2.05, 4.69) is 10.3 Å².